The van der Waals surface area contributed by atoms with Gasteiger partial charge in [0.05, 0.1) is 6.04 Å². The van der Waals surface area contributed by atoms with Crippen LogP contribution in [0.1, 0.15) is 22.0 Å². The molecule has 3 atom stereocenters. The highest BCUT2D eigenvalue weighted by Gasteiger charge is 2.66. The number of amides is 2. The van der Waals surface area contributed by atoms with Gasteiger partial charge < -0.3 is 25.2 Å². The second kappa shape index (κ2) is 6.66. The van der Waals surface area contributed by atoms with Gasteiger partial charge in [0.1, 0.15) is 5.92 Å². The van der Waals surface area contributed by atoms with Crippen molar-refractivity contribution in [3.63, 3.8) is 0 Å². The number of aliphatic hydroxyl groups is 1. The first-order chi connectivity index (χ1) is 13.7. The summed E-state index contributed by atoms with van der Waals surface area (Å²) in [6.45, 7) is -0.0593. The van der Waals surface area contributed by atoms with Gasteiger partial charge in [0.2, 0.25) is 12.5 Å². The van der Waals surface area contributed by atoms with Gasteiger partial charge in [-0.15, -0.1) is 0 Å². The number of rotatable bonds is 3. The summed E-state index contributed by atoms with van der Waals surface area (Å²) in [5.41, 5.74) is -3.66. The number of nitrogens with one attached hydrogen (secondary N) is 2. The summed E-state index contributed by atoms with van der Waals surface area (Å²) >= 11 is 0. The Morgan fingerprint density at radius 3 is 2.48 bits per heavy atom. The average Bonchev–Trinajstić information content (AvgIpc) is 3.14. The maximum Gasteiger partial charge on any atom is 0.437 e. The molecule has 3 N–H and O–H groups in total. The van der Waals surface area contributed by atoms with E-state index in [0.717, 1.165) is 0 Å². The van der Waals surface area contributed by atoms with E-state index < -0.39 is 35.7 Å². The number of urea groups is 1. The molecule has 0 aliphatic carbocycles. The van der Waals surface area contributed by atoms with E-state index in [1.54, 1.807) is 6.07 Å². The lowest BCUT2D eigenvalue weighted by atomic mass is 9.77. The van der Waals surface area contributed by atoms with Crippen LogP contribution in [0.15, 0.2) is 48.5 Å². The number of fused-ring (bicyclic) bond motifs is 1. The quantitative estimate of drug-likeness (QED) is 0.679. The first kappa shape index (κ1) is 19.1. The number of hydrogen-bond donors (Lipinski definition) is 3. The van der Waals surface area contributed by atoms with Gasteiger partial charge in [0, 0.05) is 5.56 Å². The van der Waals surface area contributed by atoms with Gasteiger partial charge in [0.15, 0.2) is 17.3 Å². The van der Waals surface area contributed by atoms with E-state index in [1.807, 2.05) is 0 Å². The smallest absolute Gasteiger partial charge is 0.437 e. The number of hydrogen-bond acceptors (Lipinski definition) is 5. The van der Waals surface area contributed by atoms with E-state index in [-0.39, 0.29) is 23.7 Å². The zero-order valence-corrected chi connectivity index (χ0v) is 14.7. The van der Waals surface area contributed by atoms with Gasteiger partial charge in [-0.1, -0.05) is 36.4 Å². The molecule has 152 valence electrons. The molecule has 0 unspecified atom stereocenters. The summed E-state index contributed by atoms with van der Waals surface area (Å²) in [6.07, 6.45) is -5.31. The third kappa shape index (κ3) is 3.15. The van der Waals surface area contributed by atoms with E-state index in [9.17, 15) is 27.9 Å². The number of benzene rings is 2. The Balaban J connectivity index is 1.84. The normalized spacial score (nSPS) is 25.9. The Hall–Kier alpha value is -3.27. The summed E-state index contributed by atoms with van der Waals surface area (Å²) in [4.78, 5) is 25.1. The third-order valence-corrected chi connectivity index (χ3v) is 4.90. The van der Waals surface area contributed by atoms with Crippen molar-refractivity contribution in [1.82, 2.24) is 10.6 Å². The SMILES string of the molecule is O=C1N[C@@H](c2ccc3c(c2)OCO3)[C@@H](C(=O)c2ccccc2)[C@@](O)(C(F)(F)F)N1. The number of carbonyl (C=O) groups is 2. The number of halogens is 3. The Labute approximate surface area is 162 Å². The molecule has 4 rings (SSSR count). The van der Waals surface area contributed by atoms with Crippen molar-refractivity contribution < 1.29 is 37.3 Å². The van der Waals surface area contributed by atoms with E-state index in [0.29, 0.717) is 5.75 Å². The topological polar surface area (TPSA) is 96.9 Å². The monoisotopic (exact) mass is 408 g/mol. The molecule has 2 heterocycles. The fourth-order valence-electron chi connectivity index (χ4n) is 3.51. The molecule has 2 amide bonds. The van der Waals surface area contributed by atoms with E-state index in [1.165, 1.54) is 47.8 Å². The molecule has 7 nitrogen and oxygen atoms in total. The molecule has 0 spiro atoms. The van der Waals surface area contributed by atoms with Gasteiger partial charge in [0.25, 0.3) is 0 Å². The summed E-state index contributed by atoms with van der Waals surface area (Å²) < 4.78 is 52.0. The zero-order valence-electron chi connectivity index (χ0n) is 14.7. The molecular formula is C19H15F3N2O5. The molecule has 0 bridgehead atoms. The molecule has 0 saturated carbocycles. The van der Waals surface area contributed by atoms with Crippen LogP contribution >= 0.6 is 0 Å². The van der Waals surface area contributed by atoms with Crippen LogP contribution in [0.5, 0.6) is 11.5 Å². The van der Waals surface area contributed by atoms with Crippen LogP contribution in [-0.4, -0.2) is 35.6 Å². The molecule has 2 aliphatic rings. The van der Waals surface area contributed by atoms with E-state index in [4.69, 9.17) is 9.47 Å². The minimum absolute atomic E-state index is 0.0381. The van der Waals surface area contributed by atoms with Crippen molar-refractivity contribution in [2.75, 3.05) is 6.79 Å². The molecular weight excluding hydrogens is 393 g/mol. The molecule has 29 heavy (non-hydrogen) atoms. The summed E-state index contributed by atoms with van der Waals surface area (Å²) in [6, 6.07) is 8.77. The fraction of sp³-hybridized carbons (Fsp3) is 0.263. The Kier molecular flexibility index (Phi) is 4.38. The van der Waals surface area contributed by atoms with Crippen molar-refractivity contribution in [1.29, 1.82) is 0 Å². The molecule has 0 radical (unpaired) electrons. The van der Waals surface area contributed by atoms with E-state index in [2.05, 4.69) is 5.32 Å². The van der Waals surface area contributed by atoms with Crippen LogP contribution in [0, 0.1) is 5.92 Å². The first-order valence-electron chi connectivity index (χ1n) is 8.57. The van der Waals surface area contributed by atoms with Gasteiger partial charge in [-0.2, -0.15) is 13.2 Å². The van der Waals surface area contributed by atoms with Crippen LogP contribution in [-0.2, 0) is 0 Å². The Bertz CT molecular complexity index is 966. The molecule has 2 aromatic rings. The van der Waals surface area contributed by atoms with Gasteiger partial charge in [-0.3, -0.25) is 4.79 Å². The third-order valence-electron chi connectivity index (χ3n) is 4.90. The highest BCUT2D eigenvalue weighted by Crippen LogP contribution is 2.45. The lowest BCUT2D eigenvalue weighted by molar-refractivity contribution is -0.287. The second-order valence-electron chi connectivity index (χ2n) is 6.66. The zero-order chi connectivity index (χ0) is 20.8. The fourth-order valence-corrected chi connectivity index (χ4v) is 3.51. The maximum atomic E-state index is 13.8. The van der Waals surface area contributed by atoms with Crippen LogP contribution < -0.4 is 20.1 Å². The number of alkyl halides is 3. The van der Waals surface area contributed by atoms with Crippen LogP contribution in [0.2, 0.25) is 0 Å². The minimum Gasteiger partial charge on any atom is -0.454 e. The molecule has 2 aromatic carbocycles. The van der Waals surface area contributed by atoms with Crippen molar-refractivity contribution in [3.8, 4) is 11.5 Å². The predicted octanol–water partition coefficient (Wildman–Crippen LogP) is 2.52. The van der Waals surface area contributed by atoms with Crippen LogP contribution in [0.3, 0.4) is 0 Å². The number of ether oxygens (including phenoxy) is 2. The Morgan fingerprint density at radius 2 is 1.79 bits per heavy atom. The van der Waals surface area contributed by atoms with Crippen LogP contribution in [0.4, 0.5) is 18.0 Å². The summed E-state index contributed by atoms with van der Waals surface area (Å²) in [5.74, 6) is -2.44. The highest BCUT2D eigenvalue weighted by molar-refractivity contribution is 6.00. The lowest BCUT2D eigenvalue weighted by Gasteiger charge is -2.45. The molecule has 1 saturated heterocycles. The predicted molar refractivity (Wildman–Crippen MR) is 92.2 cm³/mol. The van der Waals surface area contributed by atoms with Gasteiger partial charge >= 0.3 is 12.2 Å². The number of ketones is 1. The first-order valence-corrected chi connectivity index (χ1v) is 8.57. The minimum atomic E-state index is -5.31. The summed E-state index contributed by atoms with van der Waals surface area (Å²) in [5, 5.41) is 14.3. The lowest BCUT2D eigenvalue weighted by Crippen LogP contribution is -2.72. The average molecular weight is 408 g/mol. The largest absolute Gasteiger partial charge is 0.454 e. The molecule has 0 aromatic heterocycles. The summed E-state index contributed by atoms with van der Waals surface area (Å²) in [7, 11) is 0. The van der Waals surface area contributed by atoms with Crippen molar-refractivity contribution in [2.45, 2.75) is 17.9 Å². The van der Waals surface area contributed by atoms with Crippen molar-refractivity contribution in [2.24, 2.45) is 5.92 Å². The number of Topliss-reactive ketones (excluding diaryl/α,β-unsaturated/α-hetero) is 1. The van der Waals surface area contributed by atoms with Gasteiger partial charge in [-0.25, -0.2) is 4.79 Å². The van der Waals surface area contributed by atoms with Crippen molar-refractivity contribution in [3.05, 3.63) is 59.7 Å². The van der Waals surface area contributed by atoms with E-state index >= 15 is 0 Å². The molecule has 2 aliphatic heterocycles. The van der Waals surface area contributed by atoms with Crippen molar-refractivity contribution >= 4 is 11.8 Å². The molecule has 10 heteroatoms. The van der Waals surface area contributed by atoms with Gasteiger partial charge in [-0.05, 0) is 17.7 Å². The maximum absolute atomic E-state index is 13.8. The number of carbonyl (C=O) groups excluding carboxylic acids is 2. The highest BCUT2D eigenvalue weighted by atomic mass is 19.4. The van der Waals surface area contributed by atoms with Crippen LogP contribution in [0.25, 0.3) is 0 Å². The standard InChI is InChI=1S/C19H15F3N2O5/c20-19(21,22)18(27)14(16(25)10-4-2-1-3-5-10)15(23-17(26)24-18)11-6-7-12-13(8-11)29-9-28-12/h1-8,14-15,27H,9H2,(H2,23,24,26)/t14-,15-,18+/m0/s1. The Morgan fingerprint density at radius 1 is 1.10 bits per heavy atom. The second-order valence-corrected chi connectivity index (χ2v) is 6.66. The molecule has 1 fully saturated rings.